The summed E-state index contributed by atoms with van der Waals surface area (Å²) in [5.74, 6) is 0.231. The van der Waals surface area contributed by atoms with Crippen LogP contribution in [0.5, 0.6) is 0 Å². The third-order valence-electron chi connectivity index (χ3n) is 12.8. The van der Waals surface area contributed by atoms with Crippen LogP contribution in [-0.4, -0.2) is 132 Å². The minimum Gasteiger partial charge on any atom is -0.378 e. The van der Waals surface area contributed by atoms with Gasteiger partial charge in [0.05, 0.1) is 39.4 Å². The molecule has 2 atom stereocenters. The van der Waals surface area contributed by atoms with Crippen LogP contribution in [0.15, 0.2) is 81.2 Å². The first-order valence-corrected chi connectivity index (χ1v) is 21.2. The predicted molar refractivity (Wildman–Crippen MR) is 231 cm³/mol. The maximum atomic E-state index is 13.9. The van der Waals surface area contributed by atoms with Crippen LogP contribution in [0.1, 0.15) is 42.8 Å². The molecule has 13 heteroatoms. The highest BCUT2D eigenvalue weighted by molar-refractivity contribution is 5.87. The van der Waals surface area contributed by atoms with Gasteiger partial charge in [-0.1, -0.05) is 61.9 Å². The van der Waals surface area contributed by atoms with E-state index in [1.807, 2.05) is 58.3 Å². The van der Waals surface area contributed by atoms with Gasteiger partial charge >= 0.3 is 0 Å². The standard InChI is InChI=1S/C46H58N8O5/c1-30-25-32(13-16-51(20-19-50(3)4)29-42(56)54-18-15-36-34-10-6-8-12-38(34)46(58)49-40(36)28-54)31(2)43(44(30)52-21-23-59-24-22-52)47-26-41(55)53-17-14-35-33-9-5-7-11-37(33)45(57)48-39(35)27-53/h5-12,25,30-31,47H,13-24,26-29H2,1-4H3,(H,48,57)(H,49,58). The molecule has 1 aliphatic carbocycles. The fraction of sp³-hybridized carbons (Fsp3) is 0.478. The number of hydrogen-bond donors (Lipinski definition) is 3. The number of aromatic nitrogens is 2. The van der Waals surface area contributed by atoms with Crippen molar-refractivity contribution in [2.24, 2.45) is 11.8 Å². The number of carbonyl (C=O) groups is 2. The van der Waals surface area contributed by atoms with Crippen LogP contribution in [0.25, 0.3) is 21.5 Å². The van der Waals surface area contributed by atoms with E-state index in [9.17, 15) is 19.2 Å². The number of allylic oxidation sites excluding steroid dienone is 2. The van der Waals surface area contributed by atoms with Crippen molar-refractivity contribution in [1.82, 2.24) is 39.8 Å². The molecule has 2 amide bonds. The van der Waals surface area contributed by atoms with Crippen LogP contribution >= 0.6 is 0 Å². The van der Waals surface area contributed by atoms with Crippen LogP contribution < -0.4 is 16.4 Å². The average molecular weight is 803 g/mol. The largest absolute Gasteiger partial charge is 0.378 e. The number of morpholine rings is 1. The molecule has 1 saturated heterocycles. The van der Waals surface area contributed by atoms with Gasteiger partial charge in [-0.05, 0) is 67.4 Å². The van der Waals surface area contributed by atoms with Crippen molar-refractivity contribution in [1.29, 1.82) is 0 Å². The summed E-state index contributed by atoms with van der Waals surface area (Å²) in [6.45, 7) is 12.1. The van der Waals surface area contributed by atoms with Gasteiger partial charge in [-0.25, -0.2) is 0 Å². The summed E-state index contributed by atoms with van der Waals surface area (Å²) in [7, 11) is 4.10. The summed E-state index contributed by atoms with van der Waals surface area (Å²) in [6, 6.07) is 15.4. The molecule has 0 spiro atoms. The minimum absolute atomic E-state index is 0.000382. The Morgan fingerprint density at radius 3 is 1.90 bits per heavy atom. The molecule has 0 radical (unpaired) electrons. The van der Waals surface area contributed by atoms with Gasteiger partial charge in [-0.3, -0.25) is 24.1 Å². The smallest absolute Gasteiger partial charge is 0.256 e. The molecule has 4 aromatic rings. The predicted octanol–water partition coefficient (Wildman–Crippen LogP) is 3.44. The highest BCUT2D eigenvalue weighted by atomic mass is 16.5. The molecule has 3 aliphatic heterocycles. The SMILES string of the molecule is CC1C=C(CCN(CCN(C)C)CC(=O)N2CCc3c([nH]c(=O)c4ccccc34)C2)C(C)C(NCC(=O)N2CCc3c([nH]c(=O)c4ccccc34)C2)=C1N1CCOCC1. The number of carbonyl (C=O) groups excluding carboxylic acids is 2. The fourth-order valence-electron chi connectivity index (χ4n) is 9.55. The summed E-state index contributed by atoms with van der Waals surface area (Å²) in [5.41, 5.74) is 7.24. The maximum absolute atomic E-state index is 13.9. The lowest BCUT2D eigenvalue weighted by molar-refractivity contribution is -0.133. The third-order valence-corrected chi connectivity index (χ3v) is 12.8. The van der Waals surface area contributed by atoms with E-state index in [1.165, 1.54) is 11.3 Å². The molecule has 4 aliphatic rings. The quantitative estimate of drug-likeness (QED) is 0.184. The fourth-order valence-corrected chi connectivity index (χ4v) is 9.55. The van der Waals surface area contributed by atoms with Gasteiger partial charge in [0, 0.05) is 91.2 Å². The van der Waals surface area contributed by atoms with Crippen molar-refractivity contribution in [3.05, 3.63) is 115 Å². The molecule has 3 N–H and O–H groups in total. The van der Waals surface area contributed by atoms with Crippen LogP contribution in [0, 0.1) is 11.8 Å². The van der Waals surface area contributed by atoms with Gasteiger partial charge in [0.2, 0.25) is 11.8 Å². The number of nitrogens with one attached hydrogen (secondary N) is 3. The normalized spacial score (nSPS) is 19.7. The van der Waals surface area contributed by atoms with Crippen LogP contribution in [0.2, 0.25) is 0 Å². The number of rotatable bonds is 12. The molecule has 59 heavy (non-hydrogen) atoms. The Balaban J connectivity index is 0.951. The molecule has 2 aromatic heterocycles. The first-order chi connectivity index (χ1) is 28.5. The zero-order chi connectivity index (χ0) is 41.2. The molecule has 0 saturated carbocycles. The van der Waals surface area contributed by atoms with E-state index in [0.717, 1.165) is 71.6 Å². The van der Waals surface area contributed by atoms with E-state index in [1.54, 1.807) is 0 Å². The molecule has 312 valence electrons. The second kappa shape index (κ2) is 17.5. The summed E-state index contributed by atoms with van der Waals surface area (Å²) >= 11 is 0. The number of amides is 2. The summed E-state index contributed by atoms with van der Waals surface area (Å²) in [5, 5.41) is 6.98. The highest BCUT2D eigenvalue weighted by Gasteiger charge is 2.32. The van der Waals surface area contributed by atoms with Crippen molar-refractivity contribution < 1.29 is 14.3 Å². The zero-order valence-electron chi connectivity index (χ0n) is 34.9. The number of likely N-dealkylation sites (N-methyl/N-ethyl adjacent to an activating group) is 1. The second-order valence-electron chi connectivity index (χ2n) is 16.9. The molecular formula is C46H58N8O5. The summed E-state index contributed by atoms with van der Waals surface area (Å²) < 4.78 is 5.73. The van der Waals surface area contributed by atoms with Gasteiger partial charge in [-0.15, -0.1) is 0 Å². The van der Waals surface area contributed by atoms with Gasteiger partial charge in [0.25, 0.3) is 11.1 Å². The first-order valence-electron chi connectivity index (χ1n) is 21.2. The Labute approximate surface area is 345 Å². The Morgan fingerprint density at radius 1 is 0.763 bits per heavy atom. The van der Waals surface area contributed by atoms with Crippen molar-refractivity contribution >= 4 is 33.4 Å². The third kappa shape index (κ3) is 8.60. The molecule has 8 rings (SSSR count). The van der Waals surface area contributed by atoms with E-state index in [2.05, 4.69) is 64.0 Å². The number of pyridine rings is 2. The maximum Gasteiger partial charge on any atom is 0.256 e. The van der Waals surface area contributed by atoms with Crippen molar-refractivity contribution in [3.63, 3.8) is 0 Å². The number of nitrogens with zero attached hydrogens (tertiary/aromatic N) is 5. The molecule has 0 bridgehead atoms. The number of H-pyrrole nitrogens is 2. The molecule has 2 unspecified atom stereocenters. The lowest BCUT2D eigenvalue weighted by Crippen LogP contribution is -2.46. The van der Waals surface area contributed by atoms with Crippen molar-refractivity contribution in [2.45, 2.75) is 46.2 Å². The minimum atomic E-state index is -0.121. The van der Waals surface area contributed by atoms with E-state index < -0.39 is 0 Å². The molecule has 1 fully saturated rings. The number of hydrogen-bond acceptors (Lipinski definition) is 9. The molecule has 2 aromatic carbocycles. The Bertz CT molecular complexity index is 2410. The Hall–Kier alpha value is -5.24. The van der Waals surface area contributed by atoms with Crippen molar-refractivity contribution in [3.8, 4) is 0 Å². The van der Waals surface area contributed by atoms with Crippen LogP contribution in [0.3, 0.4) is 0 Å². The molecule has 5 heterocycles. The summed E-state index contributed by atoms with van der Waals surface area (Å²) in [6.07, 6.45) is 4.57. The first kappa shape index (κ1) is 40.5. The van der Waals surface area contributed by atoms with Gasteiger partial charge in [-0.2, -0.15) is 0 Å². The number of aromatic amines is 2. The van der Waals surface area contributed by atoms with E-state index >= 15 is 0 Å². The Morgan fingerprint density at radius 2 is 1.32 bits per heavy atom. The number of ether oxygens (including phenoxy) is 1. The van der Waals surface area contributed by atoms with E-state index in [-0.39, 0.29) is 41.3 Å². The average Bonchev–Trinajstić information content (AvgIpc) is 3.24. The molecule has 13 nitrogen and oxygen atoms in total. The van der Waals surface area contributed by atoms with Gasteiger partial charge in [0.1, 0.15) is 0 Å². The lowest BCUT2D eigenvalue weighted by Gasteiger charge is -2.40. The zero-order valence-corrected chi connectivity index (χ0v) is 34.9. The lowest BCUT2D eigenvalue weighted by atomic mass is 9.82. The van der Waals surface area contributed by atoms with Crippen molar-refractivity contribution in [2.75, 3.05) is 86.2 Å². The van der Waals surface area contributed by atoms with Crippen LogP contribution in [-0.2, 0) is 40.3 Å². The topological polar surface area (TPSA) is 137 Å². The van der Waals surface area contributed by atoms with E-state index in [4.69, 9.17) is 4.74 Å². The number of fused-ring (bicyclic) bond motifs is 6. The van der Waals surface area contributed by atoms with Gasteiger partial charge in [0.15, 0.2) is 0 Å². The highest BCUT2D eigenvalue weighted by Crippen LogP contribution is 2.36. The van der Waals surface area contributed by atoms with Crippen LogP contribution in [0.4, 0.5) is 0 Å². The van der Waals surface area contributed by atoms with Gasteiger partial charge < -0.3 is 39.6 Å². The summed E-state index contributed by atoms with van der Waals surface area (Å²) in [4.78, 5) is 70.3. The monoisotopic (exact) mass is 802 g/mol. The molecular weight excluding hydrogens is 745 g/mol. The number of benzene rings is 2. The Kier molecular flexibility index (Phi) is 12.1. The van der Waals surface area contributed by atoms with E-state index in [0.29, 0.717) is 76.1 Å². The second-order valence-corrected chi connectivity index (χ2v) is 16.9.